The number of aromatic nitrogens is 2. The zero-order valence-electron chi connectivity index (χ0n) is 7.42. The molecule has 5 heteroatoms. The highest BCUT2D eigenvalue weighted by Crippen LogP contribution is 2.22. The molecule has 0 saturated carbocycles. The number of benzene rings is 1. The van der Waals surface area contributed by atoms with Crippen LogP contribution in [0.25, 0.3) is 11.3 Å². The van der Waals surface area contributed by atoms with E-state index in [0.717, 1.165) is 0 Å². The maximum absolute atomic E-state index is 13.0. The van der Waals surface area contributed by atoms with E-state index in [0.29, 0.717) is 11.3 Å². The van der Waals surface area contributed by atoms with Crippen LogP contribution < -0.4 is 0 Å². The van der Waals surface area contributed by atoms with Gasteiger partial charge in [0, 0.05) is 10.6 Å². The second-order valence-electron chi connectivity index (χ2n) is 2.93. The zero-order chi connectivity index (χ0) is 10.8. The first-order chi connectivity index (χ1) is 7.19. The van der Waals surface area contributed by atoms with Gasteiger partial charge in [-0.3, -0.25) is 9.89 Å². The van der Waals surface area contributed by atoms with E-state index < -0.39 is 5.82 Å². The van der Waals surface area contributed by atoms with E-state index in [4.69, 9.17) is 11.6 Å². The quantitative estimate of drug-likeness (QED) is 0.849. The number of H-pyrrole nitrogens is 1. The summed E-state index contributed by atoms with van der Waals surface area (Å²) in [5.41, 5.74) is 1.20. The van der Waals surface area contributed by atoms with Crippen LogP contribution in [0.15, 0.2) is 24.3 Å². The third-order valence-corrected chi connectivity index (χ3v) is 2.07. The molecule has 1 radical (unpaired) electrons. The number of hydrogen-bond acceptors (Lipinski definition) is 2. The fraction of sp³-hybridized carbons (Fsp3) is 0. The van der Waals surface area contributed by atoms with Crippen LogP contribution in [-0.2, 0) is 4.79 Å². The molecule has 3 nitrogen and oxygen atoms in total. The highest BCUT2D eigenvalue weighted by atomic mass is 35.5. The lowest BCUT2D eigenvalue weighted by Crippen LogP contribution is -1.81. The summed E-state index contributed by atoms with van der Waals surface area (Å²) in [6.07, 6.45) is 1.63. The van der Waals surface area contributed by atoms with Gasteiger partial charge in [-0.2, -0.15) is 5.10 Å². The van der Waals surface area contributed by atoms with Crippen molar-refractivity contribution in [2.45, 2.75) is 0 Å². The van der Waals surface area contributed by atoms with Gasteiger partial charge in [-0.05, 0) is 24.3 Å². The Balaban J connectivity index is 2.48. The molecule has 0 bridgehead atoms. The van der Waals surface area contributed by atoms with Crippen LogP contribution in [0.1, 0.15) is 5.69 Å². The normalized spacial score (nSPS) is 10.3. The predicted molar refractivity (Wildman–Crippen MR) is 53.8 cm³/mol. The summed E-state index contributed by atoms with van der Waals surface area (Å²) in [7, 11) is 0. The van der Waals surface area contributed by atoms with Crippen molar-refractivity contribution in [2.75, 3.05) is 0 Å². The molecule has 2 aromatic rings. The molecule has 0 aliphatic rings. The van der Waals surface area contributed by atoms with E-state index >= 15 is 0 Å². The second kappa shape index (κ2) is 3.82. The molecular weight excluding hydrogens is 219 g/mol. The smallest absolute Gasteiger partial charge is 0.255 e. The predicted octanol–water partition coefficient (Wildman–Crippen LogP) is 2.33. The molecule has 2 rings (SSSR count). The second-order valence-corrected chi connectivity index (χ2v) is 3.36. The summed E-state index contributed by atoms with van der Waals surface area (Å²) in [6.45, 7) is 0. The first-order valence-electron chi connectivity index (χ1n) is 4.09. The number of halogens is 2. The fourth-order valence-electron chi connectivity index (χ4n) is 1.23. The first-order valence-corrected chi connectivity index (χ1v) is 4.47. The van der Waals surface area contributed by atoms with Gasteiger partial charge in [0.15, 0.2) is 0 Å². The number of rotatable bonds is 2. The molecule has 15 heavy (non-hydrogen) atoms. The van der Waals surface area contributed by atoms with E-state index in [1.807, 2.05) is 0 Å². The monoisotopic (exact) mass is 223 g/mol. The van der Waals surface area contributed by atoms with Crippen molar-refractivity contribution in [3.8, 4) is 11.3 Å². The lowest BCUT2D eigenvalue weighted by atomic mass is 10.1. The van der Waals surface area contributed by atoms with E-state index in [-0.39, 0.29) is 10.7 Å². The van der Waals surface area contributed by atoms with E-state index in [1.54, 1.807) is 12.4 Å². The zero-order valence-corrected chi connectivity index (χ0v) is 8.18. The number of nitrogens with one attached hydrogen (secondary N) is 1. The average molecular weight is 224 g/mol. The van der Waals surface area contributed by atoms with Gasteiger partial charge in [0.2, 0.25) is 0 Å². The van der Waals surface area contributed by atoms with Gasteiger partial charge in [-0.25, -0.2) is 4.39 Å². The Labute approximate surface area is 89.9 Å². The van der Waals surface area contributed by atoms with Crippen molar-refractivity contribution >= 4 is 17.9 Å². The summed E-state index contributed by atoms with van der Waals surface area (Å²) in [4.78, 5) is 10.3. The lowest BCUT2D eigenvalue weighted by molar-refractivity contribution is 0.561. The van der Waals surface area contributed by atoms with Crippen molar-refractivity contribution in [2.24, 2.45) is 0 Å². The molecule has 1 aromatic carbocycles. The number of aromatic amines is 1. The SMILES string of the molecule is O=[C]c1cc(-c2cc(F)cc(Cl)c2)[nH]n1. The number of nitrogens with zero attached hydrogens (tertiary/aromatic N) is 1. The third kappa shape index (κ3) is 2.05. The van der Waals surface area contributed by atoms with Crippen LogP contribution >= 0.6 is 11.6 Å². The first kappa shape index (κ1) is 9.86. The molecule has 0 atom stereocenters. The molecule has 1 heterocycles. The topological polar surface area (TPSA) is 45.8 Å². The van der Waals surface area contributed by atoms with Gasteiger partial charge in [0.25, 0.3) is 6.29 Å². The number of carbonyl (C=O) groups excluding carboxylic acids is 1. The van der Waals surface area contributed by atoms with Crippen LogP contribution in [0.3, 0.4) is 0 Å². The average Bonchev–Trinajstić information content (AvgIpc) is 2.64. The molecule has 0 saturated heterocycles. The minimum Gasteiger partial charge on any atom is -0.283 e. The summed E-state index contributed by atoms with van der Waals surface area (Å²) in [5, 5.41) is 6.53. The van der Waals surface area contributed by atoms with Crippen LogP contribution in [0.2, 0.25) is 5.02 Å². The highest BCUT2D eigenvalue weighted by Gasteiger charge is 2.05. The maximum Gasteiger partial charge on any atom is 0.255 e. The lowest BCUT2D eigenvalue weighted by Gasteiger charge is -1.98. The van der Waals surface area contributed by atoms with Crippen molar-refractivity contribution in [1.29, 1.82) is 0 Å². The van der Waals surface area contributed by atoms with Gasteiger partial charge >= 0.3 is 0 Å². The van der Waals surface area contributed by atoms with Gasteiger partial charge in [0.05, 0.1) is 5.69 Å². The Kier molecular flexibility index (Phi) is 2.51. The Morgan fingerprint density at radius 3 is 2.73 bits per heavy atom. The summed E-state index contributed by atoms with van der Waals surface area (Å²) < 4.78 is 13.0. The van der Waals surface area contributed by atoms with Crippen LogP contribution in [0.4, 0.5) is 4.39 Å². The maximum atomic E-state index is 13.0. The Morgan fingerprint density at radius 2 is 2.13 bits per heavy atom. The molecule has 0 aliphatic carbocycles. The van der Waals surface area contributed by atoms with Crippen LogP contribution in [-0.4, -0.2) is 16.5 Å². The van der Waals surface area contributed by atoms with Crippen molar-refractivity contribution in [3.63, 3.8) is 0 Å². The van der Waals surface area contributed by atoms with Gasteiger partial charge < -0.3 is 0 Å². The van der Waals surface area contributed by atoms with E-state index in [2.05, 4.69) is 10.2 Å². The molecule has 75 valence electrons. The molecule has 0 aliphatic heterocycles. The molecule has 1 N–H and O–H groups in total. The van der Waals surface area contributed by atoms with Gasteiger partial charge in [-0.15, -0.1) is 0 Å². The third-order valence-electron chi connectivity index (χ3n) is 1.86. The minimum absolute atomic E-state index is 0.144. The summed E-state index contributed by atoms with van der Waals surface area (Å²) in [5.74, 6) is -0.441. The number of hydrogen-bond donors (Lipinski definition) is 1. The van der Waals surface area contributed by atoms with E-state index in [1.165, 1.54) is 18.2 Å². The van der Waals surface area contributed by atoms with Gasteiger partial charge in [0.1, 0.15) is 11.5 Å². The Bertz CT molecular complexity index is 490. The molecular formula is C10H5ClFN2O. The van der Waals surface area contributed by atoms with Crippen molar-refractivity contribution in [3.05, 3.63) is 40.8 Å². The van der Waals surface area contributed by atoms with Crippen molar-refractivity contribution < 1.29 is 9.18 Å². The molecule has 0 unspecified atom stereocenters. The molecule has 1 aromatic heterocycles. The standard InChI is InChI=1S/C10H5ClFN2O/c11-7-1-6(2-8(12)3-7)10-4-9(5-15)13-14-10/h1-4H,(H,13,14). The van der Waals surface area contributed by atoms with E-state index in [9.17, 15) is 9.18 Å². The molecule has 0 spiro atoms. The van der Waals surface area contributed by atoms with Crippen LogP contribution in [0.5, 0.6) is 0 Å². The Morgan fingerprint density at radius 1 is 1.33 bits per heavy atom. The van der Waals surface area contributed by atoms with Crippen LogP contribution in [0, 0.1) is 5.82 Å². The highest BCUT2D eigenvalue weighted by molar-refractivity contribution is 6.30. The minimum atomic E-state index is -0.441. The summed E-state index contributed by atoms with van der Waals surface area (Å²) >= 11 is 5.69. The Hall–Kier alpha value is -1.68. The largest absolute Gasteiger partial charge is 0.283 e. The fourth-order valence-corrected chi connectivity index (χ4v) is 1.45. The molecule has 0 fully saturated rings. The van der Waals surface area contributed by atoms with Gasteiger partial charge in [-0.1, -0.05) is 11.6 Å². The van der Waals surface area contributed by atoms with Crippen molar-refractivity contribution in [1.82, 2.24) is 10.2 Å². The molecule has 0 amide bonds. The summed E-state index contributed by atoms with van der Waals surface area (Å²) in [6, 6.07) is 5.55.